The lowest BCUT2D eigenvalue weighted by molar-refractivity contribution is -0.127. The highest BCUT2D eigenvalue weighted by molar-refractivity contribution is 8.04. The molecule has 2 atom stereocenters. The van der Waals surface area contributed by atoms with Crippen LogP contribution in [-0.2, 0) is 4.79 Å². The average molecular weight is 415 g/mol. The Bertz CT molecular complexity index is 570. The van der Waals surface area contributed by atoms with E-state index in [1.807, 2.05) is 53.7 Å². The zero-order chi connectivity index (χ0) is 18.9. The standard InChI is InChI=1S/C20H31ClN2OS2/c1-22(2)12-7-13-23(3)20(24)15-25-18-10-4-5-11-19(18)26-17-9-6-8-16(21)14-17/h6,8-9,14,18-19H,4-5,7,10-13,15H2,1-3H3/t18-,19-/m1/s1. The molecule has 0 aromatic heterocycles. The van der Waals surface area contributed by atoms with Crippen LogP contribution >= 0.6 is 35.1 Å². The second kappa shape index (κ2) is 11.5. The van der Waals surface area contributed by atoms with E-state index in [2.05, 4.69) is 25.1 Å². The molecule has 0 spiro atoms. The van der Waals surface area contributed by atoms with Crippen LogP contribution < -0.4 is 0 Å². The van der Waals surface area contributed by atoms with Gasteiger partial charge in [-0.25, -0.2) is 0 Å². The number of carbonyl (C=O) groups excluding carboxylic acids is 1. The van der Waals surface area contributed by atoms with Crippen LogP contribution in [0.25, 0.3) is 0 Å². The van der Waals surface area contributed by atoms with Gasteiger partial charge >= 0.3 is 0 Å². The van der Waals surface area contributed by atoms with Crippen molar-refractivity contribution in [3.05, 3.63) is 29.3 Å². The van der Waals surface area contributed by atoms with E-state index in [1.165, 1.54) is 30.6 Å². The molecule has 0 bridgehead atoms. The Labute approximate surface area is 172 Å². The largest absolute Gasteiger partial charge is 0.345 e. The molecule has 2 rings (SSSR count). The van der Waals surface area contributed by atoms with Gasteiger partial charge in [0.1, 0.15) is 0 Å². The molecule has 1 saturated carbocycles. The Morgan fingerprint density at radius 1 is 1.15 bits per heavy atom. The summed E-state index contributed by atoms with van der Waals surface area (Å²) < 4.78 is 0. The first kappa shape index (κ1) is 21.9. The summed E-state index contributed by atoms with van der Waals surface area (Å²) in [5.41, 5.74) is 0. The zero-order valence-electron chi connectivity index (χ0n) is 16.1. The lowest BCUT2D eigenvalue weighted by Gasteiger charge is -2.31. The van der Waals surface area contributed by atoms with Crippen LogP contribution in [0.1, 0.15) is 32.1 Å². The predicted octanol–water partition coefficient (Wildman–Crippen LogP) is 4.89. The first-order valence-corrected chi connectivity index (χ1v) is 11.7. The Kier molecular flexibility index (Phi) is 9.68. The predicted molar refractivity (Wildman–Crippen MR) is 117 cm³/mol. The number of nitrogens with zero attached hydrogens (tertiary/aromatic N) is 2. The molecule has 1 aromatic carbocycles. The van der Waals surface area contributed by atoms with Crippen molar-refractivity contribution >= 4 is 41.0 Å². The molecule has 1 aromatic rings. The van der Waals surface area contributed by atoms with Gasteiger partial charge in [-0.05, 0) is 58.1 Å². The second-order valence-corrected chi connectivity index (χ2v) is 10.2. The highest BCUT2D eigenvalue weighted by Gasteiger charge is 2.27. The van der Waals surface area contributed by atoms with Crippen molar-refractivity contribution in [1.29, 1.82) is 0 Å². The second-order valence-electron chi connectivity index (χ2n) is 7.22. The molecule has 1 amide bonds. The molecular weight excluding hydrogens is 384 g/mol. The smallest absolute Gasteiger partial charge is 0.232 e. The molecule has 0 heterocycles. The number of carbonyl (C=O) groups is 1. The Morgan fingerprint density at radius 3 is 2.58 bits per heavy atom. The SMILES string of the molecule is CN(C)CCCN(C)C(=O)CS[C@@H]1CCCC[C@H]1Sc1cccc(Cl)c1. The van der Waals surface area contributed by atoms with Gasteiger partial charge in [-0.2, -0.15) is 0 Å². The van der Waals surface area contributed by atoms with Gasteiger partial charge in [-0.1, -0.05) is 30.5 Å². The number of rotatable bonds is 9. The maximum absolute atomic E-state index is 12.4. The van der Waals surface area contributed by atoms with E-state index in [-0.39, 0.29) is 5.91 Å². The summed E-state index contributed by atoms with van der Waals surface area (Å²) >= 11 is 9.90. The third-order valence-corrected chi connectivity index (χ3v) is 7.88. The van der Waals surface area contributed by atoms with Crippen molar-refractivity contribution in [2.45, 2.75) is 47.5 Å². The highest BCUT2D eigenvalue weighted by Crippen LogP contribution is 2.40. The van der Waals surface area contributed by atoms with E-state index < -0.39 is 0 Å². The fraction of sp³-hybridized carbons (Fsp3) is 0.650. The highest BCUT2D eigenvalue weighted by atomic mass is 35.5. The molecule has 1 fully saturated rings. The van der Waals surface area contributed by atoms with Crippen LogP contribution in [0, 0.1) is 0 Å². The normalized spacial score (nSPS) is 20.3. The molecule has 0 unspecified atom stereocenters. The topological polar surface area (TPSA) is 23.6 Å². The fourth-order valence-corrected chi connectivity index (χ4v) is 6.33. The van der Waals surface area contributed by atoms with Crippen molar-refractivity contribution < 1.29 is 4.79 Å². The van der Waals surface area contributed by atoms with Gasteiger partial charge in [0.05, 0.1) is 5.75 Å². The molecule has 3 nitrogen and oxygen atoms in total. The maximum atomic E-state index is 12.4. The average Bonchev–Trinajstić information content (AvgIpc) is 2.60. The van der Waals surface area contributed by atoms with Crippen molar-refractivity contribution in [2.24, 2.45) is 0 Å². The van der Waals surface area contributed by atoms with Gasteiger partial charge in [-0.3, -0.25) is 4.79 Å². The van der Waals surface area contributed by atoms with Crippen LogP contribution in [0.3, 0.4) is 0 Å². The number of benzene rings is 1. The van der Waals surface area contributed by atoms with Crippen molar-refractivity contribution in [3.63, 3.8) is 0 Å². The molecule has 146 valence electrons. The van der Waals surface area contributed by atoms with E-state index >= 15 is 0 Å². The Morgan fingerprint density at radius 2 is 1.88 bits per heavy atom. The monoisotopic (exact) mass is 414 g/mol. The van der Waals surface area contributed by atoms with Crippen molar-refractivity contribution in [1.82, 2.24) is 9.80 Å². The summed E-state index contributed by atoms with van der Waals surface area (Å²) in [5, 5.41) is 1.91. The first-order chi connectivity index (χ1) is 12.5. The molecule has 1 aliphatic carbocycles. The summed E-state index contributed by atoms with van der Waals surface area (Å²) in [6.45, 7) is 1.86. The lowest BCUT2D eigenvalue weighted by atomic mass is 10.00. The van der Waals surface area contributed by atoms with Gasteiger partial charge in [0, 0.05) is 34.0 Å². The minimum atomic E-state index is 0.255. The summed E-state index contributed by atoms with van der Waals surface area (Å²) in [7, 11) is 6.06. The van der Waals surface area contributed by atoms with E-state index in [0.29, 0.717) is 16.3 Å². The molecule has 0 radical (unpaired) electrons. The fourth-order valence-electron chi connectivity index (χ4n) is 3.14. The van der Waals surface area contributed by atoms with Gasteiger partial charge in [0.15, 0.2) is 0 Å². The molecule has 26 heavy (non-hydrogen) atoms. The minimum Gasteiger partial charge on any atom is -0.345 e. The van der Waals surface area contributed by atoms with Gasteiger partial charge in [0.25, 0.3) is 0 Å². The van der Waals surface area contributed by atoms with E-state index in [0.717, 1.165) is 24.5 Å². The Hall–Kier alpha value is -0.360. The summed E-state index contributed by atoms with van der Waals surface area (Å²) in [5.74, 6) is 0.848. The molecule has 0 saturated heterocycles. The van der Waals surface area contributed by atoms with E-state index in [1.54, 1.807) is 0 Å². The van der Waals surface area contributed by atoms with Gasteiger partial charge in [-0.15, -0.1) is 23.5 Å². The first-order valence-electron chi connectivity index (χ1n) is 9.38. The molecule has 1 aliphatic rings. The minimum absolute atomic E-state index is 0.255. The quantitative estimate of drug-likeness (QED) is 0.574. The molecule has 0 aliphatic heterocycles. The van der Waals surface area contributed by atoms with E-state index in [9.17, 15) is 4.79 Å². The van der Waals surface area contributed by atoms with E-state index in [4.69, 9.17) is 11.6 Å². The molecule has 6 heteroatoms. The maximum Gasteiger partial charge on any atom is 0.232 e. The number of hydrogen-bond donors (Lipinski definition) is 0. The summed E-state index contributed by atoms with van der Waals surface area (Å²) in [6.07, 6.45) is 6.02. The summed E-state index contributed by atoms with van der Waals surface area (Å²) in [6, 6.07) is 8.12. The number of thioether (sulfide) groups is 2. The third-order valence-electron chi connectivity index (χ3n) is 4.67. The van der Waals surface area contributed by atoms with Crippen molar-refractivity contribution in [3.8, 4) is 0 Å². The number of amides is 1. The van der Waals surface area contributed by atoms with Crippen LogP contribution in [0.4, 0.5) is 0 Å². The number of halogens is 1. The third kappa shape index (κ3) is 7.71. The van der Waals surface area contributed by atoms with Crippen LogP contribution in [0.2, 0.25) is 5.02 Å². The number of hydrogen-bond acceptors (Lipinski definition) is 4. The molecule has 0 N–H and O–H groups in total. The Balaban J connectivity index is 1.81. The lowest BCUT2D eigenvalue weighted by Crippen LogP contribution is -2.33. The van der Waals surface area contributed by atoms with Gasteiger partial charge in [0.2, 0.25) is 5.91 Å². The summed E-state index contributed by atoms with van der Waals surface area (Å²) in [4.78, 5) is 17.7. The zero-order valence-corrected chi connectivity index (χ0v) is 18.5. The van der Waals surface area contributed by atoms with Gasteiger partial charge < -0.3 is 9.80 Å². The molecular formula is C20H31ClN2OS2. The van der Waals surface area contributed by atoms with Crippen molar-refractivity contribution in [2.75, 3.05) is 40.0 Å². The van der Waals surface area contributed by atoms with Crippen LogP contribution in [-0.4, -0.2) is 66.2 Å². The van der Waals surface area contributed by atoms with Crippen LogP contribution in [0.15, 0.2) is 29.2 Å². The van der Waals surface area contributed by atoms with Crippen LogP contribution in [0.5, 0.6) is 0 Å².